The lowest BCUT2D eigenvalue weighted by Gasteiger charge is -2.27. The molecule has 0 amide bonds. The van der Waals surface area contributed by atoms with Crippen molar-refractivity contribution in [2.75, 3.05) is 20.3 Å². The molecule has 1 aromatic carbocycles. The molecular formula is C10H11ClO5S. The lowest BCUT2D eigenvalue weighted by Crippen LogP contribution is -2.38. The molecule has 2 rings (SSSR count). The fraction of sp³-hybridized carbons (Fsp3) is 0.400. The van der Waals surface area contributed by atoms with Crippen molar-refractivity contribution >= 4 is 19.7 Å². The van der Waals surface area contributed by atoms with Gasteiger partial charge in [-0.3, -0.25) is 0 Å². The van der Waals surface area contributed by atoms with Crippen molar-refractivity contribution in [2.45, 2.75) is 11.0 Å². The lowest BCUT2D eigenvalue weighted by molar-refractivity contribution is -0.0804. The van der Waals surface area contributed by atoms with Gasteiger partial charge in [-0.15, -0.1) is 0 Å². The van der Waals surface area contributed by atoms with Crippen LogP contribution in [0.4, 0.5) is 0 Å². The SMILES string of the molecule is COc1ccc(S(=O)(=O)Cl)cc1OC1COC1. The average molecular weight is 279 g/mol. The van der Waals surface area contributed by atoms with Crippen LogP contribution in [0.1, 0.15) is 0 Å². The van der Waals surface area contributed by atoms with E-state index in [0.29, 0.717) is 24.7 Å². The Kier molecular flexibility index (Phi) is 3.46. The zero-order valence-corrected chi connectivity index (χ0v) is 10.6. The van der Waals surface area contributed by atoms with Crippen molar-refractivity contribution in [1.29, 1.82) is 0 Å². The third kappa shape index (κ3) is 2.83. The van der Waals surface area contributed by atoms with Gasteiger partial charge in [0.2, 0.25) is 0 Å². The first-order valence-electron chi connectivity index (χ1n) is 4.88. The van der Waals surface area contributed by atoms with Gasteiger partial charge in [0.25, 0.3) is 9.05 Å². The quantitative estimate of drug-likeness (QED) is 0.779. The molecule has 94 valence electrons. The van der Waals surface area contributed by atoms with E-state index in [-0.39, 0.29) is 11.0 Å². The molecule has 0 atom stereocenters. The van der Waals surface area contributed by atoms with Crippen LogP contribution >= 0.6 is 10.7 Å². The second-order valence-electron chi connectivity index (χ2n) is 3.53. The number of hydrogen-bond acceptors (Lipinski definition) is 5. The predicted molar refractivity (Wildman–Crippen MR) is 61.3 cm³/mol. The van der Waals surface area contributed by atoms with Gasteiger partial charge in [-0.05, 0) is 12.1 Å². The van der Waals surface area contributed by atoms with E-state index in [2.05, 4.69) is 0 Å². The summed E-state index contributed by atoms with van der Waals surface area (Å²) in [6, 6.07) is 4.22. The van der Waals surface area contributed by atoms with Crippen molar-refractivity contribution in [1.82, 2.24) is 0 Å². The summed E-state index contributed by atoms with van der Waals surface area (Å²) in [5.74, 6) is 0.809. The first-order chi connectivity index (χ1) is 8.00. The summed E-state index contributed by atoms with van der Waals surface area (Å²) in [6.45, 7) is 0.974. The maximum atomic E-state index is 11.2. The Morgan fingerprint density at radius 2 is 2.06 bits per heavy atom. The second kappa shape index (κ2) is 4.72. The maximum Gasteiger partial charge on any atom is 0.261 e. The van der Waals surface area contributed by atoms with E-state index in [1.165, 1.54) is 25.3 Å². The van der Waals surface area contributed by atoms with Gasteiger partial charge in [-0.2, -0.15) is 0 Å². The number of methoxy groups -OCH3 is 1. The summed E-state index contributed by atoms with van der Waals surface area (Å²) < 4.78 is 38.0. The highest BCUT2D eigenvalue weighted by atomic mass is 35.7. The van der Waals surface area contributed by atoms with Crippen LogP contribution in [-0.2, 0) is 13.8 Å². The molecule has 17 heavy (non-hydrogen) atoms. The number of ether oxygens (including phenoxy) is 3. The molecule has 0 bridgehead atoms. The monoisotopic (exact) mass is 278 g/mol. The molecule has 1 aromatic rings. The summed E-state index contributed by atoms with van der Waals surface area (Å²) >= 11 is 0. The van der Waals surface area contributed by atoms with E-state index in [9.17, 15) is 8.42 Å². The minimum Gasteiger partial charge on any atom is -0.493 e. The normalized spacial score (nSPS) is 16.4. The Balaban J connectivity index is 2.32. The van der Waals surface area contributed by atoms with E-state index in [0.717, 1.165) is 0 Å². The first kappa shape index (κ1) is 12.5. The number of benzene rings is 1. The summed E-state index contributed by atoms with van der Waals surface area (Å²) in [6.07, 6.45) is -0.0721. The van der Waals surface area contributed by atoms with Crippen LogP contribution in [0.15, 0.2) is 23.1 Å². The fourth-order valence-corrected chi connectivity index (χ4v) is 2.13. The molecule has 0 saturated carbocycles. The summed E-state index contributed by atoms with van der Waals surface area (Å²) in [5, 5.41) is 0. The second-order valence-corrected chi connectivity index (χ2v) is 6.09. The Bertz CT molecular complexity index is 509. The molecule has 0 unspecified atom stereocenters. The molecule has 1 aliphatic rings. The Labute approximate surface area is 104 Å². The summed E-state index contributed by atoms with van der Waals surface area (Å²) in [5.41, 5.74) is 0. The number of hydrogen-bond donors (Lipinski definition) is 0. The number of rotatable bonds is 4. The minimum absolute atomic E-state index is 0.0183. The van der Waals surface area contributed by atoms with E-state index < -0.39 is 9.05 Å². The van der Waals surface area contributed by atoms with Gasteiger partial charge in [-0.1, -0.05) is 0 Å². The third-order valence-corrected chi connectivity index (χ3v) is 3.67. The van der Waals surface area contributed by atoms with E-state index in [1.54, 1.807) is 0 Å². The molecular weight excluding hydrogens is 268 g/mol. The molecule has 5 nitrogen and oxygen atoms in total. The van der Waals surface area contributed by atoms with Gasteiger partial charge in [0.1, 0.15) is 6.10 Å². The molecule has 0 spiro atoms. The average Bonchev–Trinajstić information content (AvgIpc) is 2.22. The highest BCUT2D eigenvalue weighted by Crippen LogP contribution is 2.32. The van der Waals surface area contributed by atoms with Crippen molar-refractivity contribution in [2.24, 2.45) is 0 Å². The minimum atomic E-state index is -3.77. The highest BCUT2D eigenvalue weighted by Gasteiger charge is 2.23. The lowest BCUT2D eigenvalue weighted by atomic mass is 10.3. The number of halogens is 1. The van der Waals surface area contributed by atoms with Crippen LogP contribution in [0.3, 0.4) is 0 Å². The standard InChI is InChI=1S/C10H11ClO5S/c1-14-9-3-2-8(17(11,12)13)4-10(9)16-7-5-15-6-7/h2-4,7H,5-6H2,1H3. The van der Waals surface area contributed by atoms with Crippen LogP contribution in [0.5, 0.6) is 11.5 Å². The molecule has 1 saturated heterocycles. The van der Waals surface area contributed by atoms with Crippen LogP contribution in [0, 0.1) is 0 Å². The third-order valence-electron chi connectivity index (χ3n) is 2.32. The molecule has 1 heterocycles. The molecule has 0 aromatic heterocycles. The van der Waals surface area contributed by atoms with Crippen molar-refractivity contribution < 1.29 is 22.6 Å². The largest absolute Gasteiger partial charge is 0.493 e. The molecule has 7 heteroatoms. The van der Waals surface area contributed by atoms with Crippen LogP contribution in [0.25, 0.3) is 0 Å². The van der Waals surface area contributed by atoms with Crippen molar-refractivity contribution in [3.05, 3.63) is 18.2 Å². The Hall–Kier alpha value is -0.980. The van der Waals surface area contributed by atoms with Crippen molar-refractivity contribution in [3.8, 4) is 11.5 Å². The van der Waals surface area contributed by atoms with Gasteiger partial charge < -0.3 is 14.2 Å². The molecule has 1 fully saturated rings. The van der Waals surface area contributed by atoms with Crippen LogP contribution < -0.4 is 9.47 Å². The summed E-state index contributed by atoms with van der Waals surface area (Å²) in [7, 11) is 2.97. The van der Waals surface area contributed by atoms with E-state index >= 15 is 0 Å². The Morgan fingerprint density at radius 3 is 2.53 bits per heavy atom. The zero-order valence-electron chi connectivity index (χ0n) is 9.05. The van der Waals surface area contributed by atoms with Gasteiger partial charge >= 0.3 is 0 Å². The van der Waals surface area contributed by atoms with Crippen LogP contribution in [-0.4, -0.2) is 34.8 Å². The highest BCUT2D eigenvalue weighted by molar-refractivity contribution is 8.13. The van der Waals surface area contributed by atoms with Gasteiger partial charge in [0.05, 0.1) is 25.2 Å². The molecule has 0 radical (unpaired) electrons. The van der Waals surface area contributed by atoms with Crippen LogP contribution in [0.2, 0.25) is 0 Å². The fourth-order valence-electron chi connectivity index (χ4n) is 1.36. The van der Waals surface area contributed by atoms with Gasteiger partial charge in [-0.25, -0.2) is 8.42 Å². The first-order valence-corrected chi connectivity index (χ1v) is 7.19. The van der Waals surface area contributed by atoms with Gasteiger partial charge in [0, 0.05) is 16.7 Å². The maximum absolute atomic E-state index is 11.2. The molecule has 0 N–H and O–H groups in total. The zero-order chi connectivity index (χ0) is 12.5. The smallest absolute Gasteiger partial charge is 0.261 e. The molecule has 1 aliphatic heterocycles. The Morgan fingerprint density at radius 1 is 1.35 bits per heavy atom. The van der Waals surface area contributed by atoms with Crippen molar-refractivity contribution in [3.63, 3.8) is 0 Å². The van der Waals surface area contributed by atoms with E-state index in [1.807, 2.05) is 0 Å². The predicted octanol–water partition coefficient (Wildman–Crippen LogP) is 1.40. The molecule has 0 aliphatic carbocycles. The van der Waals surface area contributed by atoms with E-state index in [4.69, 9.17) is 24.9 Å². The topological polar surface area (TPSA) is 61.8 Å². The summed E-state index contributed by atoms with van der Waals surface area (Å²) in [4.78, 5) is -0.0183. The van der Waals surface area contributed by atoms with Gasteiger partial charge in [0.15, 0.2) is 11.5 Å².